The third-order valence-electron chi connectivity index (χ3n) is 6.28. The van der Waals surface area contributed by atoms with E-state index in [0.29, 0.717) is 22.9 Å². The van der Waals surface area contributed by atoms with Gasteiger partial charge in [-0.05, 0) is 51.1 Å². The Labute approximate surface area is 186 Å². The van der Waals surface area contributed by atoms with Crippen molar-refractivity contribution in [2.45, 2.75) is 25.8 Å². The molecule has 7 nitrogen and oxygen atoms in total. The zero-order valence-electron chi connectivity index (χ0n) is 17.9. The lowest BCUT2D eigenvalue weighted by Crippen LogP contribution is -2.38. The van der Waals surface area contributed by atoms with Gasteiger partial charge in [-0.25, -0.2) is 4.98 Å². The van der Waals surface area contributed by atoms with Gasteiger partial charge in [-0.3, -0.25) is 14.5 Å². The van der Waals surface area contributed by atoms with Crippen LogP contribution in [0.4, 0.5) is 5.69 Å². The van der Waals surface area contributed by atoms with Crippen molar-refractivity contribution >= 4 is 17.4 Å². The Hall–Kier alpha value is -3.45. The fourth-order valence-electron chi connectivity index (χ4n) is 4.39. The van der Waals surface area contributed by atoms with Crippen molar-refractivity contribution < 1.29 is 18.7 Å². The number of oxazole rings is 1. The standard InChI is InChI=1S/C25H25N3O4/c1-16(25-26-14-22(32-25)17-5-3-2-4-6-17)28-11-9-18(10-12-28)24(30)19-7-8-21-20(13-19)27-23(29)15-31-21/h2-8,13-14,16,18H,9-12,15H2,1H3,(H,27,29). The summed E-state index contributed by atoms with van der Waals surface area (Å²) >= 11 is 0. The number of amides is 1. The first-order valence-corrected chi connectivity index (χ1v) is 10.9. The van der Waals surface area contributed by atoms with Crippen LogP contribution in [-0.4, -0.2) is 41.3 Å². The molecule has 0 aliphatic carbocycles. The highest BCUT2D eigenvalue weighted by atomic mass is 16.5. The van der Waals surface area contributed by atoms with Crippen LogP contribution in [0.1, 0.15) is 42.1 Å². The van der Waals surface area contributed by atoms with Crippen LogP contribution in [0.2, 0.25) is 0 Å². The van der Waals surface area contributed by atoms with Crippen LogP contribution in [0, 0.1) is 5.92 Å². The molecule has 1 atom stereocenters. The molecule has 0 bridgehead atoms. The Morgan fingerprint density at radius 2 is 1.94 bits per heavy atom. The molecule has 2 aliphatic rings. The Morgan fingerprint density at radius 3 is 2.72 bits per heavy atom. The molecule has 1 aromatic heterocycles. The van der Waals surface area contributed by atoms with Crippen molar-refractivity contribution in [1.29, 1.82) is 0 Å². The number of aromatic nitrogens is 1. The second-order valence-electron chi connectivity index (χ2n) is 8.33. The smallest absolute Gasteiger partial charge is 0.262 e. The number of anilines is 1. The number of piperidine rings is 1. The van der Waals surface area contributed by atoms with Crippen LogP contribution >= 0.6 is 0 Å². The summed E-state index contributed by atoms with van der Waals surface area (Å²) in [6.07, 6.45) is 3.32. The van der Waals surface area contributed by atoms with E-state index in [1.165, 1.54) is 0 Å². The molecular weight excluding hydrogens is 406 g/mol. The van der Waals surface area contributed by atoms with E-state index in [-0.39, 0.29) is 30.3 Å². The number of fused-ring (bicyclic) bond motifs is 1. The lowest BCUT2D eigenvalue weighted by Gasteiger charge is -2.34. The first-order valence-electron chi connectivity index (χ1n) is 10.9. The summed E-state index contributed by atoms with van der Waals surface area (Å²) in [5.74, 6) is 1.93. The first-order chi connectivity index (χ1) is 15.6. The number of ketones is 1. The lowest BCUT2D eigenvalue weighted by molar-refractivity contribution is -0.118. The third kappa shape index (κ3) is 4.03. The van der Waals surface area contributed by atoms with Gasteiger partial charge in [0, 0.05) is 17.0 Å². The molecule has 1 saturated heterocycles. The molecule has 0 spiro atoms. The fraction of sp³-hybridized carbons (Fsp3) is 0.320. The molecule has 0 radical (unpaired) electrons. The molecule has 2 aliphatic heterocycles. The molecule has 32 heavy (non-hydrogen) atoms. The number of hydrogen-bond donors (Lipinski definition) is 1. The lowest BCUT2D eigenvalue weighted by atomic mass is 9.88. The number of ether oxygens (including phenoxy) is 1. The number of carbonyl (C=O) groups is 2. The molecular formula is C25H25N3O4. The van der Waals surface area contributed by atoms with Gasteiger partial charge in [0.25, 0.3) is 5.91 Å². The SMILES string of the molecule is CC(c1ncc(-c2ccccc2)o1)N1CCC(C(=O)c2ccc3c(c2)NC(=O)CO3)CC1. The summed E-state index contributed by atoms with van der Waals surface area (Å²) in [6.45, 7) is 3.69. The monoisotopic (exact) mass is 431 g/mol. The molecule has 1 unspecified atom stereocenters. The Bertz CT molecular complexity index is 1130. The maximum atomic E-state index is 13.1. The van der Waals surface area contributed by atoms with E-state index < -0.39 is 0 Å². The molecule has 1 N–H and O–H groups in total. The van der Waals surface area contributed by atoms with Crippen LogP contribution in [0.5, 0.6) is 5.75 Å². The minimum atomic E-state index is -0.202. The van der Waals surface area contributed by atoms with E-state index >= 15 is 0 Å². The summed E-state index contributed by atoms with van der Waals surface area (Å²) in [5.41, 5.74) is 2.19. The molecule has 5 rings (SSSR count). The van der Waals surface area contributed by atoms with Gasteiger partial charge >= 0.3 is 0 Å². The predicted octanol–water partition coefficient (Wildman–Crippen LogP) is 4.33. The normalized spacial score (nSPS) is 17.8. The zero-order valence-corrected chi connectivity index (χ0v) is 17.9. The van der Waals surface area contributed by atoms with E-state index in [9.17, 15) is 9.59 Å². The number of carbonyl (C=O) groups excluding carboxylic acids is 2. The molecule has 1 amide bonds. The van der Waals surface area contributed by atoms with Crippen LogP contribution < -0.4 is 10.1 Å². The topological polar surface area (TPSA) is 84.7 Å². The number of likely N-dealkylation sites (tertiary alicyclic amines) is 1. The van der Waals surface area contributed by atoms with Gasteiger partial charge in [-0.1, -0.05) is 30.3 Å². The Kier molecular flexibility index (Phi) is 5.49. The number of hydrogen-bond acceptors (Lipinski definition) is 6. The van der Waals surface area contributed by atoms with Crippen molar-refractivity contribution in [1.82, 2.24) is 9.88 Å². The average Bonchev–Trinajstić information content (AvgIpc) is 3.34. The van der Waals surface area contributed by atoms with Gasteiger partial charge in [0.2, 0.25) is 5.89 Å². The first kappa shape index (κ1) is 20.5. The largest absolute Gasteiger partial charge is 0.482 e. The summed E-state index contributed by atoms with van der Waals surface area (Å²) in [7, 11) is 0. The molecule has 7 heteroatoms. The van der Waals surface area contributed by atoms with Crippen molar-refractivity contribution in [2.75, 3.05) is 25.0 Å². The number of rotatable bonds is 5. The highest BCUT2D eigenvalue weighted by molar-refractivity contribution is 6.01. The van der Waals surface area contributed by atoms with Crippen molar-refractivity contribution in [3.63, 3.8) is 0 Å². The summed E-state index contributed by atoms with van der Waals surface area (Å²) in [6, 6.07) is 15.2. The van der Waals surface area contributed by atoms with Crippen LogP contribution in [-0.2, 0) is 4.79 Å². The van der Waals surface area contributed by atoms with Crippen molar-refractivity contribution in [2.24, 2.45) is 5.92 Å². The van der Waals surface area contributed by atoms with Crippen molar-refractivity contribution in [3.8, 4) is 17.1 Å². The van der Waals surface area contributed by atoms with E-state index in [0.717, 1.165) is 37.3 Å². The summed E-state index contributed by atoms with van der Waals surface area (Å²) < 4.78 is 11.4. The number of benzene rings is 2. The average molecular weight is 431 g/mol. The zero-order chi connectivity index (χ0) is 22.1. The summed E-state index contributed by atoms with van der Waals surface area (Å²) in [4.78, 5) is 31.4. The van der Waals surface area contributed by atoms with E-state index in [2.05, 4.69) is 22.1 Å². The van der Waals surface area contributed by atoms with Crippen LogP contribution in [0.15, 0.2) is 59.1 Å². The van der Waals surface area contributed by atoms with Gasteiger partial charge in [0.05, 0.1) is 17.9 Å². The van der Waals surface area contributed by atoms with Crippen LogP contribution in [0.25, 0.3) is 11.3 Å². The molecule has 164 valence electrons. The van der Waals surface area contributed by atoms with E-state index in [1.54, 1.807) is 24.4 Å². The predicted molar refractivity (Wildman–Crippen MR) is 120 cm³/mol. The molecule has 3 heterocycles. The second-order valence-corrected chi connectivity index (χ2v) is 8.33. The third-order valence-corrected chi connectivity index (χ3v) is 6.28. The van der Waals surface area contributed by atoms with Gasteiger partial charge in [0.15, 0.2) is 18.2 Å². The minimum Gasteiger partial charge on any atom is -0.482 e. The van der Waals surface area contributed by atoms with E-state index in [4.69, 9.17) is 9.15 Å². The maximum absolute atomic E-state index is 13.1. The number of nitrogens with zero attached hydrogens (tertiary/aromatic N) is 2. The van der Waals surface area contributed by atoms with Crippen molar-refractivity contribution in [3.05, 3.63) is 66.2 Å². The van der Waals surface area contributed by atoms with Crippen LogP contribution in [0.3, 0.4) is 0 Å². The number of Topliss-reactive ketones (excluding diaryl/α,β-unsaturated/α-hetero) is 1. The van der Waals surface area contributed by atoms with Gasteiger partial charge in [0.1, 0.15) is 5.75 Å². The number of nitrogens with one attached hydrogen (secondary N) is 1. The summed E-state index contributed by atoms with van der Waals surface area (Å²) in [5, 5.41) is 2.77. The minimum absolute atomic E-state index is 0.00824. The highest BCUT2D eigenvalue weighted by Crippen LogP contribution is 2.33. The second kappa shape index (κ2) is 8.59. The molecule has 2 aromatic carbocycles. The maximum Gasteiger partial charge on any atom is 0.262 e. The highest BCUT2D eigenvalue weighted by Gasteiger charge is 2.30. The molecule has 3 aromatic rings. The quantitative estimate of drug-likeness (QED) is 0.606. The van der Waals surface area contributed by atoms with E-state index in [1.807, 2.05) is 30.3 Å². The Morgan fingerprint density at radius 1 is 1.16 bits per heavy atom. The van der Waals surface area contributed by atoms with Gasteiger partial charge in [-0.15, -0.1) is 0 Å². The molecule has 1 fully saturated rings. The van der Waals surface area contributed by atoms with Gasteiger partial charge < -0.3 is 14.5 Å². The fourth-order valence-corrected chi connectivity index (χ4v) is 4.39. The molecule has 0 saturated carbocycles. The van der Waals surface area contributed by atoms with Gasteiger partial charge in [-0.2, -0.15) is 0 Å². The Balaban J connectivity index is 1.22.